The molecule has 5 nitrogen and oxygen atoms in total. The Hall–Kier alpha value is -2.66. The lowest BCUT2D eigenvalue weighted by molar-refractivity contribution is 0.350. The number of para-hydroxylation sites is 1. The molecule has 0 atom stereocenters. The number of hydrogen-bond donors (Lipinski definition) is 2. The summed E-state index contributed by atoms with van der Waals surface area (Å²) < 4.78 is 0. The van der Waals surface area contributed by atoms with Crippen LogP contribution in [0.3, 0.4) is 0 Å². The first kappa shape index (κ1) is 25.4. The smallest absolute Gasteiger partial charge is 0.225 e. The molecule has 0 saturated heterocycles. The second-order valence-electron chi connectivity index (χ2n) is 10.3. The fourth-order valence-corrected chi connectivity index (χ4v) is 5.20. The molecule has 5 heteroatoms. The van der Waals surface area contributed by atoms with E-state index in [1.54, 1.807) is 0 Å². The quantitative estimate of drug-likeness (QED) is 0.274. The topological polar surface area (TPSA) is 53.1 Å². The summed E-state index contributed by atoms with van der Waals surface area (Å²) in [5, 5.41) is 8.54. The zero-order valence-corrected chi connectivity index (χ0v) is 21.7. The first-order chi connectivity index (χ1) is 17.2. The SMILES string of the molecule is CN(C)c1nc(N[C@H]2CC[C@@H](NCCCCCCCCc3ccccc3)CC2)nc2ccccc12. The van der Waals surface area contributed by atoms with Gasteiger partial charge in [-0.3, -0.25) is 0 Å². The van der Waals surface area contributed by atoms with E-state index in [-0.39, 0.29) is 0 Å². The van der Waals surface area contributed by atoms with Gasteiger partial charge < -0.3 is 15.5 Å². The molecular weight excluding hydrogens is 430 g/mol. The van der Waals surface area contributed by atoms with Crippen molar-refractivity contribution in [3.05, 3.63) is 60.2 Å². The van der Waals surface area contributed by atoms with Gasteiger partial charge in [-0.25, -0.2) is 4.98 Å². The van der Waals surface area contributed by atoms with Gasteiger partial charge in [0.2, 0.25) is 5.95 Å². The highest BCUT2D eigenvalue weighted by molar-refractivity contribution is 5.90. The van der Waals surface area contributed by atoms with Gasteiger partial charge in [0, 0.05) is 31.6 Å². The molecule has 4 rings (SSSR count). The van der Waals surface area contributed by atoms with Gasteiger partial charge in [-0.2, -0.15) is 4.98 Å². The normalized spacial score (nSPS) is 18.0. The zero-order chi connectivity index (χ0) is 24.3. The number of unbranched alkanes of at least 4 members (excludes halogenated alkanes) is 5. The maximum atomic E-state index is 4.81. The lowest BCUT2D eigenvalue weighted by Crippen LogP contribution is -2.37. The largest absolute Gasteiger partial charge is 0.362 e. The fourth-order valence-electron chi connectivity index (χ4n) is 5.20. The predicted octanol–water partition coefficient (Wildman–Crippen LogP) is 6.59. The van der Waals surface area contributed by atoms with E-state index in [2.05, 4.69) is 58.0 Å². The molecule has 1 aliphatic carbocycles. The van der Waals surface area contributed by atoms with E-state index in [0.717, 1.165) is 29.2 Å². The van der Waals surface area contributed by atoms with Gasteiger partial charge in [0.05, 0.1) is 5.52 Å². The number of nitrogens with one attached hydrogen (secondary N) is 2. The monoisotopic (exact) mass is 473 g/mol. The molecule has 1 saturated carbocycles. The third-order valence-electron chi connectivity index (χ3n) is 7.24. The number of rotatable bonds is 13. The van der Waals surface area contributed by atoms with Crippen LogP contribution in [0.5, 0.6) is 0 Å². The van der Waals surface area contributed by atoms with Crippen LogP contribution in [-0.4, -0.2) is 42.7 Å². The molecule has 0 spiro atoms. The summed E-state index contributed by atoms with van der Waals surface area (Å²) in [4.78, 5) is 11.7. The fraction of sp³-hybridized carbons (Fsp3) is 0.533. The first-order valence-electron chi connectivity index (χ1n) is 13.7. The second kappa shape index (κ2) is 13.4. The van der Waals surface area contributed by atoms with Crippen molar-refractivity contribution in [3.8, 4) is 0 Å². The van der Waals surface area contributed by atoms with E-state index >= 15 is 0 Å². The summed E-state index contributed by atoms with van der Waals surface area (Å²) in [6.07, 6.45) is 14.1. The minimum Gasteiger partial charge on any atom is -0.362 e. The Bertz CT molecular complexity index is 1010. The van der Waals surface area contributed by atoms with E-state index in [0.29, 0.717) is 12.1 Å². The average molecular weight is 474 g/mol. The third-order valence-corrected chi connectivity index (χ3v) is 7.24. The van der Waals surface area contributed by atoms with Crippen molar-refractivity contribution in [3.63, 3.8) is 0 Å². The molecule has 0 bridgehead atoms. The van der Waals surface area contributed by atoms with E-state index in [1.807, 2.05) is 26.2 Å². The highest BCUT2D eigenvalue weighted by Crippen LogP contribution is 2.26. The van der Waals surface area contributed by atoms with E-state index in [4.69, 9.17) is 9.97 Å². The number of anilines is 2. The van der Waals surface area contributed by atoms with Crippen molar-refractivity contribution in [2.45, 2.75) is 82.7 Å². The van der Waals surface area contributed by atoms with Gasteiger partial charge in [-0.15, -0.1) is 0 Å². The van der Waals surface area contributed by atoms with E-state index < -0.39 is 0 Å². The third kappa shape index (κ3) is 7.93. The summed E-state index contributed by atoms with van der Waals surface area (Å²) in [5.41, 5.74) is 2.48. The molecule has 1 aromatic heterocycles. The maximum absolute atomic E-state index is 4.81. The maximum Gasteiger partial charge on any atom is 0.225 e. The molecule has 0 amide bonds. The molecule has 2 aromatic carbocycles. The van der Waals surface area contributed by atoms with Crippen molar-refractivity contribution in [2.75, 3.05) is 30.9 Å². The highest BCUT2D eigenvalue weighted by Gasteiger charge is 2.21. The lowest BCUT2D eigenvalue weighted by atomic mass is 9.91. The van der Waals surface area contributed by atoms with Crippen LogP contribution < -0.4 is 15.5 Å². The summed E-state index contributed by atoms with van der Waals surface area (Å²) in [6, 6.07) is 20.3. The Morgan fingerprint density at radius 3 is 2.17 bits per heavy atom. The predicted molar refractivity (Wildman–Crippen MR) is 149 cm³/mol. The van der Waals surface area contributed by atoms with Crippen molar-refractivity contribution in [2.24, 2.45) is 0 Å². The van der Waals surface area contributed by atoms with Gasteiger partial charge in [-0.1, -0.05) is 68.1 Å². The summed E-state index contributed by atoms with van der Waals surface area (Å²) >= 11 is 0. The van der Waals surface area contributed by atoms with E-state index in [9.17, 15) is 0 Å². The molecule has 0 aliphatic heterocycles. The molecule has 1 heterocycles. The molecular formula is C30H43N5. The molecule has 2 N–H and O–H groups in total. The Balaban J connectivity index is 1.08. The Morgan fingerprint density at radius 1 is 0.743 bits per heavy atom. The van der Waals surface area contributed by atoms with Crippen molar-refractivity contribution < 1.29 is 0 Å². The van der Waals surface area contributed by atoms with Crippen LogP contribution >= 0.6 is 0 Å². The Labute approximate surface area is 211 Å². The van der Waals surface area contributed by atoms with Gasteiger partial charge in [0.25, 0.3) is 0 Å². The molecule has 3 aromatic rings. The van der Waals surface area contributed by atoms with Crippen LogP contribution in [0.2, 0.25) is 0 Å². The van der Waals surface area contributed by atoms with Crippen LogP contribution in [0.15, 0.2) is 54.6 Å². The van der Waals surface area contributed by atoms with Crippen molar-refractivity contribution >= 4 is 22.7 Å². The van der Waals surface area contributed by atoms with Crippen LogP contribution in [0.1, 0.15) is 69.8 Å². The Kier molecular flexibility index (Phi) is 9.76. The van der Waals surface area contributed by atoms with Crippen molar-refractivity contribution in [1.82, 2.24) is 15.3 Å². The minimum atomic E-state index is 0.458. The number of aromatic nitrogens is 2. The van der Waals surface area contributed by atoms with Crippen LogP contribution in [0.4, 0.5) is 11.8 Å². The average Bonchev–Trinajstić information content (AvgIpc) is 2.88. The van der Waals surface area contributed by atoms with Gasteiger partial charge in [-0.05, 0) is 69.2 Å². The number of aryl methyl sites for hydroxylation is 1. The van der Waals surface area contributed by atoms with Gasteiger partial charge >= 0.3 is 0 Å². The zero-order valence-electron chi connectivity index (χ0n) is 21.7. The molecule has 0 unspecified atom stereocenters. The van der Waals surface area contributed by atoms with Crippen LogP contribution in [0, 0.1) is 0 Å². The second-order valence-corrected chi connectivity index (χ2v) is 10.3. The van der Waals surface area contributed by atoms with E-state index in [1.165, 1.54) is 76.2 Å². The molecule has 35 heavy (non-hydrogen) atoms. The van der Waals surface area contributed by atoms with Gasteiger partial charge in [0.15, 0.2) is 0 Å². The Morgan fingerprint density at radius 2 is 1.40 bits per heavy atom. The van der Waals surface area contributed by atoms with Gasteiger partial charge in [0.1, 0.15) is 5.82 Å². The molecule has 1 aliphatic rings. The number of fused-ring (bicyclic) bond motifs is 1. The summed E-state index contributed by atoms with van der Waals surface area (Å²) in [5.74, 6) is 1.73. The molecule has 1 fully saturated rings. The van der Waals surface area contributed by atoms with Crippen LogP contribution in [-0.2, 0) is 6.42 Å². The number of benzene rings is 2. The number of nitrogens with zero attached hydrogens (tertiary/aromatic N) is 3. The van der Waals surface area contributed by atoms with Crippen LogP contribution in [0.25, 0.3) is 10.9 Å². The minimum absolute atomic E-state index is 0.458. The number of hydrogen-bond acceptors (Lipinski definition) is 5. The summed E-state index contributed by atoms with van der Waals surface area (Å²) in [7, 11) is 4.09. The molecule has 188 valence electrons. The molecule has 0 radical (unpaired) electrons. The first-order valence-corrected chi connectivity index (χ1v) is 13.7. The van der Waals surface area contributed by atoms with Crippen molar-refractivity contribution in [1.29, 1.82) is 0 Å². The standard InChI is InChI=1S/C30H43N5/c1-35(2)29-27-17-11-12-18-28(27)33-30(34-29)32-26-21-19-25(20-22-26)31-23-13-6-4-3-5-8-14-24-15-9-7-10-16-24/h7,9-12,15-18,25-26,31H,3-6,8,13-14,19-23H2,1-2H3,(H,32,33,34)/t25-,26+. The lowest BCUT2D eigenvalue weighted by Gasteiger charge is -2.30. The highest BCUT2D eigenvalue weighted by atomic mass is 15.2. The summed E-state index contributed by atoms with van der Waals surface area (Å²) in [6.45, 7) is 1.16.